The van der Waals surface area contributed by atoms with Crippen molar-refractivity contribution in [2.75, 3.05) is 25.0 Å². The smallest absolute Gasteiger partial charge is 0.414 e. The Morgan fingerprint density at radius 2 is 2.20 bits per heavy atom. The number of ether oxygens (including phenoxy) is 1. The summed E-state index contributed by atoms with van der Waals surface area (Å²) in [5.74, 6) is -0.489. The van der Waals surface area contributed by atoms with E-state index in [1.165, 1.54) is 27.8 Å². The number of hydrogen-bond acceptors (Lipinski definition) is 5. The highest BCUT2D eigenvalue weighted by Crippen LogP contribution is 2.28. The highest BCUT2D eigenvalue weighted by atomic mass is 19.1. The van der Waals surface area contributed by atoms with Gasteiger partial charge < -0.3 is 10.1 Å². The van der Waals surface area contributed by atoms with Crippen molar-refractivity contribution in [1.29, 1.82) is 10.8 Å². The maximum absolute atomic E-state index is 14.6. The normalized spacial score (nSPS) is 16.8. The number of cyclic esters (lactones) is 1. The van der Waals surface area contributed by atoms with Crippen molar-refractivity contribution in [3.05, 3.63) is 47.8 Å². The number of nitrogens with zero attached hydrogens (tertiary/aromatic N) is 2. The Labute approximate surface area is 143 Å². The number of nitrogens with one attached hydrogen (secondary N) is 3. The number of amides is 1. The fraction of sp³-hybridized carbons (Fsp3) is 0.235. The average Bonchev–Trinajstić information content (AvgIpc) is 2.96. The Hall–Kier alpha value is -3.00. The standard InChI is InChI=1S/C17H18FN5O2/c1-21-7-13-9-23(17(24)25-13)12-3-4-14(15(18)6-12)11-2-5-16(20)22(8-11)10-19/h2-6,8,10,13,19-21H,7,9H2,1H3. The first-order chi connectivity index (χ1) is 12.0. The topological polar surface area (TPSA) is 94.2 Å². The van der Waals surface area contributed by atoms with Gasteiger partial charge in [0.2, 0.25) is 0 Å². The van der Waals surface area contributed by atoms with E-state index < -0.39 is 11.9 Å². The van der Waals surface area contributed by atoms with Gasteiger partial charge in [-0.3, -0.25) is 20.3 Å². The molecule has 130 valence electrons. The molecule has 2 heterocycles. The van der Waals surface area contributed by atoms with Gasteiger partial charge in [0.1, 0.15) is 17.4 Å². The molecule has 1 fully saturated rings. The lowest BCUT2D eigenvalue weighted by molar-refractivity contribution is 0.141. The number of anilines is 1. The summed E-state index contributed by atoms with van der Waals surface area (Å²) < 4.78 is 21.1. The van der Waals surface area contributed by atoms with E-state index in [-0.39, 0.29) is 11.6 Å². The molecule has 1 aliphatic rings. The number of carbonyl (C=O) groups excluding carboxylic acids is 1. The van der Waals surface area contributed by atoms with Crippen LogP contribution in [0.15, 0.2) is 36.5 Å². The van der Waals surface area contributed by atoms with E-state index in [1.807, 2.05) is 0 Å². The van der Waals surface area contributed by atoms with Gasteiger partial charge in [-0.15, -0.1) is 0 Å². The first kappa shape index (κ1) is 16.8. The van der Waals surface area contributed by atoms with Crippen LogP contribution >= 0.6 is 0 Å². The van der Waals surface area contributed by atoms with Crippen molar-refractivity contribution in [2.24, 2.45) is 0 Å². The van der Waals surface area contributed by atoms with Crippen molar-refractivity contribution >= 4 is 18.1 Å². The molecule has 1 unspecified atom stereocenters. The van der Waals surface area contributed by atoms with Gasteiger partial charge in [0, 0.05) is 23.9 Å². The Balaban J connectivity index is 1.90. The lowest BCUT2D eigenvalue weighted by Crippen LogP contribution is -2.29. The van der Waals surface area contributed by atoms with E-state index in [4.69, 9.17) is 15.6 Å². The summed E-state index contributed by atoms with van der Waals surface area (Å²) in [5, 5.41) is 17.9. The molecule has 3 N–H and O–H groups in total. The van der Waals surface area contributed by atoms with Crippen LogP contribution < -0.4 is 15.7 Å². The molecular formula is C17H18FN5O2. The fourth-order valence-corrected chi connectivity index (χ4v) is 2.76. The van der Waals surface area contributed by atoms with Gasteiger partial charge in [-0.05, 0) is 37.4 Å². The van der Waals surface area contributed by atoms with Crippen LogP contribution in [0.25, 0.3) is 11.1 Å². The molecule has 25 heavy (non-hydrogen) atoms. The van der Waals surface area contributed by atoms with E-state index in [0.717, 1.165) is 6.34 Å². The highest BCUT2D eigenvalue weighted by molar-refractivity contribution is 5.90. The summed E-state index contributed by atoms with van der Waals surface area (Å²) in [7, 11) is 1.77. The predicted octanol–water partition coefficient (Wildman–Crippen LogP) is 1.77. The molecule has 1 aromatic heterocycles. The molecule has 1 saturated heterocycles. The summed E-state index contributed by atoms with van der Waals surface area (Å²) in [4.78, 5) is 13.4. The fourth-order valence-electron chi connectivity index (χ4n) is 2.76. The summed E-state index contributed by atoms with van der Waals surface area (Å²) in [6.45, 7) is 0.895. The van der Waals surface area contributed by atoms with Crippen molar-refractivity contribution < 1.29 is 13.9 Å². The van der Waals surface area contributed by atoms with Crippen LogP contribution in [0.3, 0.4) is 0 Å². The Bertz CT molecular complexity index is 880. The first-order valence-corrected chi connectivity index (χ1v) is 7.73. The second-order valence-corrected chi connectivity index (χ2v) is 5.68. The van der Waals surface area contributed by atoms with E-state index in [2.05, 4.69) is 5.32 Å². The number of rotatable bonds is 5. The van der Waals surface area contributed by atoms with E-state index in [9.17, 15) is 9.18 Å². The van der Waals surface area contributed by atoms with Crippen LogP contribution in [0.4, 0.5) is 14.9 Å². The van der Waals surface area contributed by atoms with Gasteiger partial charge in [-0.2, -0.15) is 0 Å². The van der Waals surface area contributed by atoms with Gasteiger partial charge in [0.05, 0.1) is 18.6 Å². The third-order valence-corrected chi connectivity index (χ3v) is 4.00. The van der Waals surface area contributed by atoms with Crippen molar-refractivity contribution in [3.63, 3.8) is 0 Å². The number of pyridine rings is 1. The summed E-state index contributed by atoms with van der Waals surface area (Å²) in [6.07, 6.45) is 1.74. The zero-order valence-electron chi connectivity index (χ0n) is 13.6. The van der Waals surface area contributed by atoms with Crippen LogP contribution in [0.1, 0.15) is 0 Å². The SMILES string of the molecule is CNCC1CN(c2ccc(-c3ccc(=N)n(C=N)c3)c(F)c2)C(=O)O1. The quantitative estimate of drug-likeness (QED) is 0.570. The zero-order valence-corrected chi connectivity index (χ0v) is 13.6. The molecular weight excluding hydrogens is 325 g/mol. The molecule has 0 radical (unpaired) electrons. The van der Waals surface area contributed by atoms with Gasteiger partial charge in [0.25, 0.3) is 0 Å². The number of likely N-dealkylation sites (N-methyl/N-ethyl adjacent to an activating group) is 1. The number of aromatic nitrogens is 1. The summed E-state index contributed by atoms with van der Waals surface area (Å²) in [5.41, 5.74) is 1.44. The molecule has 0 bridgehead atoms. The Kier molecular flexibility index (Phi) is 4.62. The molecule has 8 heteroatoms. The Morgan fingerprint density at radius 3 is 2.88 bits per heavy atom. The van der Waals surface area contributed by atoms with Crippen LogP contribution in [-0.4, -0.2) is 43.2 Å². The van der Waals surface area contributed by atoms with Gasteiger partial charge in [0.15, 0.2) is 0 Å². The monoisotopic (exact) mass is 343 g/mol. The van der Waals surface area contributed by atoms with E-state index in [0.29, 0.717) is 29.9 Å². The van der Waals surface area contributed by atoms with Crippen LogP contribution in [0.5, 0.6) is 0 Å². The maximum Gasteiger partial charge on any atom is 0.414 e. The minimum absolute atomic E-state index is 0.131. The molecule has 0 aliphatic carbocycles. The molecule has 1 atom stereocenters. The molecule has 1 aromatic carbocycles. The molecule has 2 aromatic rings. The molecule has 1 amide bonds. The first-order valence-electron chi connectivity index (χ1n) is 7.73. The minimum Gasteiger partial charge on any atom is -0.443 e. The predicted molar refractivity (Wildman–Crippen MR) is 91.4 cm³/mol. The van der Waals surface area contributed by atoms with Crippen molar-refractivity contribution in [3.8, 4) is 11.1 Å². The lowest BCUT2D eigenvalue weighted by atomic mass is 10.1. The number of carbonyl (C=O) groups is 1. The largest absolute Gasteiger partial charge is 0.443 e. The molecule has 1 aliphatic heterocycles. The third-order valence-electron chi connectivity index (χ3n) is 4.00. The van der Waals surface area contributed by atoms with Crippen LogP contribution in [-0.2, 0) is 4.74 Å². The average molecular weight is 343 g/mol. The zero-order chi connectivity index (χ0) is 18.0. The highest BCUT2D eigenvalue weighted by Gasteiger charge is 2.32. The van der Waals surface area contributed by atoms with E-state index in [1.54, 1.807) is 25.2 Å². The van der Waals surface area contributed by atoms with Crippen LogP contribution in [0, 0.1) is 16.6 Å². The van der Waals surface area contributed by atoms with Gasteiger partial charge >= 0.3 is 6.09 Å². The molecule has 0 spiro atoms. The minimum atomic E-state index is -0.493. The maximum atomic E-state index is 14.6. The summed E-state index contributed by atoms with van der Waals surface area (Å²) >= 11 is 0. The van der Waals surface area contributed by atoms with Crippen molar-refractivity contribution in [1.82, 2.24) is 9.88 Å². The van der Waals surface area contributed by atoms with Gasteiger partial charge in [-0.25, -0.2) is 9.18 Å². The number of hydrogen-bond donors (Lipinski definition) is 3. The second kappa shape index (κ2) is 6.86. The Morgan fingerprint density at radius 1 is 1.40 bits per heavy atom. The number of halogens is 1. The third kappa shape index (κ3) is 3.29. The molecule has 7 nitrogen and oxygen atoms in total. The molecule has 0 saturated carbocycles. The number of benzene rings is 1. The van der Waals surface area contributed by atoms with E-state index >= 15 is 0 Å². The van der Waals surface area contributed by atoms with Crippen LogP contribution in [0.2, 0.25) is 0 Å². The van der Waals surface area contributed by atoms with Crippen molar-refractivity contribution in [2.45, 2.75) is 6.10 Å². The molecule has 3 rings (SSSR count). The second-order valence-electron chi connectivity index (χ2n) is 5.68. The van der Waals surface area contributed by atoms with Gasteiger partial charge in [-0.1, -0.05) is 0 Å². The summed E-state index contributed by atoms with van der Waals surface area (Å²) in [6, 6.07) is 7.64. The lowest BCUT2D eigenvalue weighted by Gasteiger charge is -2.14.